The van der Waals surface area contributed by atoms with E-state index in [-0.39, 0.29) is 23.7 Å². The number of likely N-dealkylation sites (tertiary alicyclic amines) is 1. The topological polar surface area (TPSA) is 49.4 Å². The van der Waals surface area contributed by atoms with Crippen molar-refractivity contribution in [3.63, 3.8) is 0 Å². The molecule has 1 aromatic heterocycles. The molecule has 2 rings (SSSR count). The molecule has 2 atom stereocenters. The molecule has 0 aromatic carbocycles. The zero-order valence-corrected chi connectivity index (χ0v) is 15.2. The van der Waals surface area contributed by atoms with E-state index in [2.05, 4.69) is 24.4 Å². The summed E-state index contributed by atoms with van der Waals surface area (Å²) < 4.78 is 0. The van der Waals surface area contributed by atoms with Crippen LogP contribution < -0.4 is 5.32 Å². The van der Waals surface area contributed by atoms with Crippen LogP contribution in [0.3, 0.4) is 0 Å². The average Bonchev–Trinajstić information content (AvgIpc) is 3.06. The number of nitrogens with zero attached hydrogens (tertiary/aromatic N) is 1. The summed E-state index contributed by atoms with van der Waals surface area (Å²) in [5.41, 5.74) is 0. The van der Waals surface area contributed by atoms with E-state index in [0.717, 1.165) is 32.2 Å². The number of piperidine rings is 1. The first-order valence-electron chi connectivity index (χ1n) is 8.69. The highest BCUT2D eigenvalue weighted by atomic mass is 32.1. The van der Waals surface area contributed by atoms with Gasteiger partial charge < -0.3 is 10.2 Å². The Bertz CT molecular complexity index is 541. The van der Waals surface area contributed by atoms with Crippen LogP contribution in [0.15, 0.2) is 12.1 Å². The van der Waals surface area contributed by atoms with Crippen LogP contribution >= 0.6 is 11.3 Å². The zero-order chi connectivity index (χ0) is 16.8. The third-order valence-electron chi connectivity index (χ3n) is 4.64. The number of thiophene rings is 1. The lowest BCUT2D eigenvalue weighted by Crippen LogP contribution is -2.46. The quantitative estimate of drug-likeness (QED) is 0.867. The number of carbonyl (C=O) groups is 2. The molecule has 4 nitrogen and oxygen atoms in total. The van der Waals surface area contributed by atoms with E-state index in [4.69, 9.17) is 0 Å². The van der Waals surface area contributed by atoms with Gasteiger partial charge in [-0.25, -0.2) is 0 Å². The Hall–Kier alpha value is -1.36. The maximum atomic E-state index is 12.4. The molecule has 2 heterocycles. The minimum absolute atomic E-state index is 0.0513. The highest BCUT2D eigenvalue weighted by Crippen LogP contribution is 2.20. The maximum absolute atomic E-state index is 12.4. The van der Waals surface area contributed by atoms with E-state index in [9.17, 15) is 9.59 Å². The van der Waals surface area contributed by atoms with Gasteiger partial charge in [-0.1, -0.05) is 20.8 Å². The van der Waals surface area contributed by atoms with Crippen LogP contribution in [0, 0.1) is 11.8 Å². The first-order valence-corrected chi connectivity index (χ1v) is 9.50. The van der Waals surface area contributed by atoms with Crippen LogP contribution in [0.5, 0.6) is 0 Å². The maximum Gasteiger partial charge on any atom is 0.225 e. The van der Waals surface area contributed by atoms with E-state index < -0.39 is 0 Å². The molecule has 0 spiro atoms. The van der Waals surface area contributed by atoms with E-state index >= 15 is 0 Å². The molecule has 0 aliphatic carbocycles. The first-order chi connectivity index (χ1) is 11.0. The van der Waals surface area contributed by atoms with Gasteiger partial charge in [0, 0.05) is 28.8 Å². The molecule has 0 saturated carbocycles. The Labute approximate surface area is 143 Å². The van der Waals surface area contributed by atoms with Crippen molar-refractivity contribution in [1.29, 1.82) is 0 Å². The van der Waals surface area contributed by atoms with Gasteiger partial charge in [0.2, 0.25) is 11.8 Å². The first kappa shape index (κ1) is 18.0. The highest BCUT2D eigenvalue weighted by molar-refractivity contribution is 7.11. The number of nitrogens with one attached hydrogen (secondary N) is 1. The predicted octanol–water partition coefficient (Wildman–Crippen LogP) is 3.21. The van der Waals surface area contributed by atoms with Crippen molar-refractivity contribution in [3.8, 4) is 0 Å². The molecule has 0 bridgehead atoms. The SMILES string of the molecule is CCc1ccc(CNC(=O)[C@@H]2CCCN(C(=O)[C@@H](C)CC)C2)s1. The van der Waals surface area contributed by atoms with E-state index in [1.807, 2.05) is 18.7 Å². The van der Waals surface area contributed by atoms with Gasteiger partial charge in [0.25, 0.3) is 0 Å². The zero-order valence-electron chi connectivity index (χ0n) is 14.4. The van der Waals surface area contributed by atoms with Crippen molar-refractivity contribution in [3.05, 3.63) is 21.9 Å². The van der Waals surface area contributed by atoms with Crippen LogP contribution in [-0.4, -0.2) is 29.8 Å². The van der Waals surface area contributed by atoms with Crippen molar-refractivity contribution >= 4 is 23.2 Å². The van der Waals surface area contributed by atoms with Crippen molar-refractivity contribution in [2.45, 2.75) is 53.0 Å². The minimum atomic E-state index is -0.0673. The molecule has 1 saturated heterocycles. The molecule has 2 amide bonds. The number of aryl methyl sites for hydroxylation is 1. The van der Waals surface area contributed by atoms with E-state index in [1.165, 1.54) is 9.75 Å². The number of hydrogen-bond donors (Lipinski definition) is 1. The van der Waals surface area contributed by atoms with Crippen molar-refractivity contribution < 1.29 is 9.59 Å². The van der Waals surface area contributed by atoms with Crippen LogP contribution in [0.4, 0.5) is 0 Å². The van der Waals surface area contributed by atoms with Crippen LogP contribution in [0.1, 0.15) is 49.8 Å². The molecule has 1 fully saturated rings. The molecule has 1 aliphatic rings. The minimum Gasteiger partial charge on any atom is -0.351 e. The molecule has 128 valence electrons. The predicted molar refractivity (Wildman–Crippen MR) is 94.3 cm³/mol. The van der Waals surface area contributed by atoms with Gasteiger partial charge in [-0.2, -0.15) is 0 Å². The second-order valence-corrected chi connectivity index (χ2v) is 7.62. The van der Waals surface area contributed by atoms with Crippen molar-refractivity contribution in [2.75, 3.05) is 13.1 Å². The monoisotopic (exact) mass is 336 g/mol. The smallest absolute Gasteiger partial charge is 0.225 e. The Morgan fingerprint density at radius 3 is 2.74 bits per heavy atom. The molecule has 23 heavy (non-hydrogen) atoms. The summed E-state index contributed by atoms with van der Waals surface area (Å²) >= 11 is 1.75. The second kappa shape index (κ2) is 8.48. The summed E-state index contributed by atoms with van der Waals surface area (Å²) in [6, 6.07) is 4.21. The second-order valence-electron chi connectivity index (χ2n) is 6.37. The van der Waals surface area contributed by atoms with Crippen LogP contribution in [-0.2, 0) is 22.6 Å². The van der Waals surface area contributed by atoms with Gasteiger partial charge in [-0.05, 0) is 37.8 Å². The fourth-order valence-electron chi connectivity index (χ4n) is 2.90. The molecule has 1 aliphatic heterocycles. The number of carbonyl (C=O) groups excluding carboxylic acids is 2. The van der Waals surface area contributed by atoms with Gasteiger partial charge in [0.15, 0.2) is 0 Å². The lowest BCUT2D eigenvalue weighted by Gasteiger charge is -2.33. The van der Waals surface area contributed by atoms with Gasteiger partial charge >= 0.3 is 0 Å². The average molecular weight is 337 g/mol. The normalized spacial score (nSPS) is 19.4. The molecular weight excluding hydrogens is 308 g/mol. The lowest BCUT2D eigenvalue weighted by atomic mass is 9.95. The molecule has 0 unspecified atom stereocenters. The van der Waals surface area contributed by atoms with Crippen LogP contribution in [0.2, 0.25) is 0 Å². The lowest BCUT2D eigenvalue weighted by molar-refractivity contribution is -0.138. The largest absolute Gasteiger partial charge is 0.351 e. The Balaban J connectivity index is 1.85. The van der Waals surface area contributed by atoms with Gasteiger partial charge in [0.1, 0.15) is 0 Å². The summed E-state index contributed by atoms with van der Waals surface area (Å²) in [6.45, 7) is 8.09. The highest BCUT2D eigenvalue weighted by Gasteiger charge is 2.29. The fourth-order valence-corrected chi connectivity index (χ4v) is 3.80. The summed E-state index contributed by atoms with van der Waals surface area (Å²) in [7, 11) is 0. The summed E-state index contributed by atoms with van der Waals surface area (Å²) in [6.07, 6.45) is 3.68. The van der Waals surface area contributed by atoms with E-state index in [0.29, 0.717) is 13.1 Å². The molecule has 5 heteroatoms. The van der Waals surface area contributed by atoms with Gasteiger partial charge in [-0.15, -0.1) is 11.3 Å². The standard InChI is InChI=1S/C18H28N2O2S/c1-4-13(3)18(22)20-10-6-7-14(12-20)17(21)19-11-16-9-8-15(5-2)23-16/h8-9,13-14H,4-7,10-12H2,1-3H3,(H,19,21)/t13-,14+/m0/s1. The van der Waals surface area contributed by atoms with Gasteiger partial charge in [-0.3, -0.25) is 9.59 Å². The van der Waals surface area contributed by atoms with E-state index in [1.54, 1.807) is 11.3 Å². The Morgan fingerprint density at radius 1 is 1.35 bits per heavy atom. The number of hydrogen-bond acceptors (Lipinski definition) is 3. The number of amides is 2. The summed E-state index contributed by atoms with van der Waals surface area (Å²) in [5, 5.41) is 3.04. The third-order valence-corrected chi connectivity index (χ3v) is 5.87. The van der Waals surface area contributed by atoms with Crippen molar-refractivity contribution in [2.24, 2.45) is 11.8 Å². The molecule has 1 N–H and O–H groups in total. The summed E-state index contributed by atoms with van der Waals surface area (Å²) in [5.74, 6) is 0.256. The number of rotatable bonds is 6. The Kier molecular flexibility index (Phi) is 6.63. The van der Waals surface area contributed by atoms with Gasteiger partial charge in [0.05, 0.1) is 12.5 Å². The fraction of sp³-hybridized carbons (Fsp3) is 0.667. The Morgan fingerprint density at radius 2 is 2.09 bits per heavy atom. The van der Waals surface area contributed by atoms with Crippen molar-refractivity contribution in [1.82, 2.24) is 10.2 Å². The molecular formula is C18H28N2O2S. The third kappa shape index (κ3) is 4.80. The van der Waals surface area contributed by atoms with Crippen LogP contribution in [0.25, 0.3) is 0 Å². The molecule has 0 radical (unpaired) electrons. The summed E-state index contributed by atoms with van der Waals surface area (Å²) in [4.78, 5) is 29.1. The molecule has 1 aromatic rings.